The number of nitrogens with one attached hydrogen (secondary N) is 1. The summed E-state index contributed by atoms with van der Waals surface area (Å²) in [6.45, 7) is 0.669. The first-order chi connectivity index (χ1) is 13.6. The average molecular weight is 384 g/mol. The zero-order chi connectivity index (χ0) is 19.5. The molecule has 2 heterocycles. The minimum atomic E-state index is -0.378. The van der Waals surface area contributed by atoms with Crippen molar-refractivity contribution in [1.29, 1.82) is 0 Å². The minimum absolute atomic E-state index is 0.124. The van der Waals surface area contributed by atoms with Crippen LogP contribution < -0.4 is 19.7 Å². The Morgan fingerprint density at radius 2 is 1.96 bits per heavy atom. The lowest BCUT2D eigenvalue weighted by Crippen LogP contribution is -2.41. The molecular weight excluding hydrogens is 363 g/mol. The molecule has 7 heteroatoms. The van der Waals surface area contributed by atoms with Crippen molar-refractivity contribution in [3.63, 3.8) is 0 Å². The lowest BCUT2D eigenvalue weighted by molar-refractivity contribution is -0.124. The third kappa shape index (κ3) is 3.78. The van der Waals surface area contributed by atoms with Gasteiger partial charge in [-0.3, -0.25) is 14.5 Å². The third-order valence-electron chi connectivity index (χ3n) is 4.91. The number of hydrogen-bond acceptors (Lipinski definition) is 4. The van der Waals surface area contributed by atoms with Gasteiger partial charge in [-0.2, -0.15) is 0 Å². The van der Waals surface area contributed by atoms with Crippen molar-refractivity contribution < 1.29 is 23.5 Å². The Morgan fingerprint density at radius 1 is 1.14 bits per heavy atom. The molecule has 6 nitrogen and oxygen atoms in total. The van der Waals surface area contributed by atoms with Gasteiger partial charge in [-0.15, -0.1) is 0 Å². The van der Waals surface area contributed by atoms with E-state index in [2.05, 4.69) is 5.32 Å². The molecule has 0 aliphatic carbocycles. The second-order valence-corrected chi connectivity index (χ2v) is 6.84. The molecule has 28 heavy (non-hydrogen) atoms. The molecule has 146 valence electrons. The molecule has 0 radical (unpaired) electrons. The number of halogens is 1. The molecule has 2 aromatic carbocycles. The number of carbonyl (C=O) groups is 2. The predicted octanol–water partition coefficient (Wildman–Crippen LogP) is 2.97. The van der Waals surface area contributed by atoms with Crippen LogP contribution in [0, 0.1) is 5.82 Å². The largest absolute Gasteiger partial charge is 0.493 e. The van der Waals surface area contributed by atoms with E-state index in [0.717, 1.165) is 6.42 Å². The number of carbonyl (C=O) groups excluding carboxylic acids is 2. The highest BCUT2D eigenvalue weighted by molar-refractivity contribution is 6.00. The summed E-state index contributed by atoms with van der Waals surface area (Å²) in [4.78, 5) is 26.7. The van der Waals surface area contributed by atoms with Crippen molar-refractivity contribution in [1.82, 2.24) is 5.32 Å². The molecule has 1 N–H and O–H groups in total. The standard InChI is InChI=1S/C21H21FN2O4/c22-14-7-8-18-15(12-14)16(4-3-10-27-18)23-20(25)13-24-17-5-1-2-6-19(17)28-11-9-21(24)26/h1-2,5-8,12,16H,3-4,9-11,13H2,(H,23,25)/t16-/m0/s1. The highest BCUT2D eigenvalue weighted by Gasteiger charge is 2.27. The van der Waals surface area contributed by atoms with E-state index >= 15 is 0 Å². The van der Waals surface area contributed by atoms with Crippen molar-refractivity contribution in [3.8, 4) is 11.5 Å². The van der Waals surface area contributed by atoms with Crippen molar-refractivity contribution in [2.45, 2.75) is 25.3 Å². The molecule has 0 fully saturated rings. The van der Waals surface area contributed by atoms with Gasteiger partial charge in [0.2, 0.25) is 11.8 Å². The van der Waals surface area contributed by atoms with Gasteiger partial charge in [0.15, 0.2) is 0 Å². The van der Waals surface area contributed by atoms with Crippen LogP contribution in [0.2, 0.25) is 0 Å². The van der Waals surface area contributed by atoms with Gasteiger partial charge in [-0.05, 0) is 43.2 Å². The third-order valence-corrected chi connectivity index (χ3v) is 4.91. The SMILES string of the molecule is O=C(CN1C(=O)CCOc2ccccc21)N[C@H]1CCCOc2ccc(F)cc21. The number of amides is 2. The van der Waals surface area contributed by atoms with Crippen LogP contribution in [-0.2, 0) is 9.59 Å². The first-order valence-electron chi connectivity index (χ1n) is 9.35. The topological polar surface area (TPSA) is 67.9 Å². The van der Waals surface area contributed by atoms with Crippen LogP contribution >= 0.6 is 0 Å². The monoisotopic (exact) mass is 384 g/mol. The molecule has 0 unspecified atom stereocenters. The summed E-state index contributed by atoms with van der Waals surface area (Å²) in [5.41, 5.74) is 1.20. The van der Waals surface area contributed by atoms with Crippen molar-refractivity contribution in [2.75, 3.05) is 24.7 Å². The Morgan fingerprint density at radius 3 is 2.86 bits per heavy atom. The fourth-order valence-electron chi connectivity index (χ4n) is 3.57. The molecule has 2 aliphatic rings. The number of rotatable bonds is 3. The molecule has 0 saturated carbocycles. The van der Waals surface area contributed by atoms with Crippen molar-refractivity contribution in [3.05, 3.63) is 53.8 Å². The molecule has 0 saturated heterocycles. The fraction of sp³-hybridized carbons (Fsp3) is 0.333. The van der Waals surface area contributed by atoms with E-state index in [1.165, 1.54) is 17.0 Å². The minimum Gasteiger partial charge on any atom is -0.493 e. The predicted molar refractivity (Wildman–Crippen MR) is 101 cm³/mol. The van der Waals surface area contributed by atoms with Crippen LogP contribution in [-0.4, -0.2) is 31.6 Å². The van der Waals surface area contributed by atoms with Crippen molar-refractivity contribution >= 4 is 17.5 Å². The van der Waals surface area contributed by atoms with Crippen molar-refractivity contribution in [2.24, 2.45) is 0 Å². The van der Waals surface area contributed by atoms with E-state index in [1.807, 2.05) is 6.07 Å². The zero-order valence-electron chi connectivity index (χ0n) is 15.3. The van der Waals surface area contributed by atoms with E-state index in [-0.39, 0.29) is 43.2 Å². The Bertz CT molecular complexity index is 902. The summed E-state index contributed by atoms with van der Waals surface area (Å²) >= 11 is 0. The first-order valence-corrected chi connectivity index (χ1v) is 9.35. The number of para-hydroxylation sites is 2. The number of ether oxygens (including phenoxy) is 2. The Kier molecular flexibility index (Phi) is 5.14. The van der Waals surface area contributed by atoms with E-state index in [1.54, 1.807) is 24.3 Å². The summed E-state index contributed by atoms with van der Waals surface area (Å²) in [5, 5.41) is 2.94. The van der Waals surface area contributed by atoms with Gasteiger partial charge < -0.3 is 14.8 Å². The second kappa shape index (κ2) is 7.88. The summed E-state index contributed by atoms with van der Waals surface area (Å²) in [5.74, 6) is 0.297. The van der Waals surface area contributed by atoms with Gasteiger partial charge in [-0.25, -0.2) is 4.39 Å². The van der Waals surface area contributed by atoms with Gasteiger partial charge in [0.25, 0.3) is 0 Å². The van der Waals surface area contributed by atoms with E-state index in [0.29, 0.717) is 35.8 Å². The number of fused-ring (bicyclic) bond motifs is 2. The molecule has 0 bridgehead atoms. The molecule has 4 rings (SSSR count). The molecule has 0 aromatic heterocycles. The Hall–Kier alpha value is -3.09. The summed E-state index contributed by atoms with van der Waals surface area (Å²) < 4.78 is 25.0. The van der Waals surface area contributed by atoms with Gasteiger partial charge in [0.1, 0.15) is 23.9 Å². The maximum Gasteiger partial charge on any atom is 0.240 e. The van der Waals surface area contributed by atoms with Gasteiger partial charge >= 0.3 is 0 Å². The van der Waals surface area contributed by atoms with Crippen LogP contribution in [0.5, 0.6) is 11.5 Å². The van der Waals surface area contributed by atoms with Crippen LogP contribution in [0.4, 0.5) is 10.1 Å². The lowest BCUT2D eigenvalue weighted by Gasteiger charge is -2.24. The maximum atomic E-state index is 13.7. The summed E-state index contributed by atoms with van der Waals surface area (Å²) in [6.07, 6.45) is 1.57. The van der Waals surface area contributed by atoms with Crippen LogP contribution in [0.15, 0.2) is 42.5 Å². The highest BCUT2D eigenvalue weighted by atomic mass is 19.1. The van der Waals surface area contributed by atoms with E-state index in [4.69, 9.17) is 9.47 Å². The Labute approximate surface area is 162 Å². The number of nitrogens with zero attached hydrogens (tertiary/aromatic N) is 1. The van der Waals surface area contributed by atoms with Gasteiger partial charge in [0, 0.05) is 5.56 Å². The van der Waals surface area contributed by atoms with E-state index < -0.39 is 0 Å². The van der Waals surface area contributed by atoms with Crippen LogP contribution in [0.1, 0.15) is 30.9 Å². The fourth-order valence-corrected chi connectivity index (χ4v) is 3.57. The molecule has 1 atom stereocenters. The highest BCUT2D eigenvalue weighted by Crippen LogP contribution is 2.33. The number of hydrogen-bond donors (Lipinski definition) is 1. The second-order valence-electron chi connectivity index (χ2n) is 6.84. The van der Waals surface area contributed by atoms with Gasteiger partial charge in [0.05, 0.1) is 31.4 Å². The molecule has 2 aromatic rings. The Balaban J connectivity index is 1.53. The number of benzene rings is 2. The lowest BCUT2D eigenvalue weighted by atomic mass is 10.0. The molecule has 2 aliphatic heterocycles. The normalized spacial score (nSPS) is 18.7. The molecule has 2 amide bonds. The smallest absolute Gasteiger partial charge is 0.240 e. The molecule has 0 spiro atoms. The maximum absolute atomic E-state index is 13.7. The van der Waals surface area contributed by atoms with Crippen LogP contribution in [0.3, 0.4) is 0 Å². The first kappa shape index (κ1) is 18.3. The molecular formula is C21H21FN2O4. The quantitative estimate of drug-likeness (QED) is 0.884. The average Bonchev–Trinajstić information content (AvgIpc) is 2.97. The summed E-state index contributed by atoms with van der Waals surface area (Å²) in [6, 6.07) is 11.1. The number of anilines is 1. The van der Waals surface area contributed by atoms with Crippen LogP contribution in [0.25, 0.3) is 0 Å². The van der Waals surface area contributed by atoms with E-state index in [9.17, 15) is 14.0 Å². The zero-order valence-corrected chi connectivity index (χ0v) is 15.3. The van der Waals surface area contributed by atoms with Gasteiger partial charge in [-0.1, -0.05) is 12.1 Å². The summed E-state index contributed by atoms with van der Waals surface area (Å²) in [7, 11) is 0.